The number of nitrogens with one attached hydrogen (secondary N) is 1. The number of esters is 1. The number of nitrogens with two attached hydrogens (primary N) is 1. The van der Waals surface area contributed by atoms with Gasteiger partial charge in [0.2, 0.25) is 0 Å². The third kappa shape index (κ3) is 3.28. The Balaban J connectivity index is 2.40. The van der Waals surface area contributed by atoms with E-state index in [1.165, 1.54) is 13.2 Å². The van der Waals surface area contributed by atoms with Gasteiger partial charge < -0.3 is 15.8 Å². The molecule has 0 aliphatic heterocycles. The number of hydrogen-bond acceptors (Lipinski definition) is 4. The number of benzene rings is 2. The summed E-state index contributed by atoms with van der Waals surface area (Å²) in [5.41, 5.74) is 7.67. The van der Waals surface area contributed by atoms with Crippen molar-refractivity contribution in [2.45, 2.75) is 6.92 Å². The van der Waals surface area contributed by atoms with Gasteiger partial charge >= 0.3 is 5.97 Å². The van der Waals surface area contributed by atoms with Crippen LogP contribution < -0.4 is 11.1 Å². The largest absolute Gasteiger partial charge is 0.465 e. The molecule has 2 rings (SSSR count). The normalized spacial score (nSPS) is 10.3. The number of aryl methyl sites for hydroxylation is 1. The molecule has 0 radical (unpaired) electrons. The molecule has 0 heterocycles. The van der Waals surface area contributed by atoms with E-state index in [9.17, 15) is 13.6 Å². The topological polar surface area (TPSA) is 64.3 Å². The molecule has 0 saturated carbocycles. The van der Waals surface area contributed by atoms with E-state index in [2.05, 4.69) is 10.1 Å². The van der Waals surface area contributed by atoms with Crippen molar-refractivity contribution in [3.63, 3.8) is 0 Å². The van der Waals surface area contributed by atoms with Gasteiger partial charge in [-0.2, -0.15) is 0 Å². The lowest BCUT2D eigenvalue weighted by atomic mass is 10.1. The second kappa shape index (κ2) is 5.78. The third-order valence-electron chi connectivity index (χ3n) is 2.94. The number of rotatable bonds is 3. The highest BCUT2D eigenvalue weighted by molar-refractivity contribution is 5.97. The van der Waals surface area contributed by atoms with E-state index in [4.69, 9.17) is 5.73 Å². The zero-order valence-electron chi connectivity index (χ0n) is 11.5. The minimum Gasteiger partial charge on any atom is -0.465 e. The minimum atomic E-state index is -0.696. The molecule has 0 amide bonds. The first kappa shape index (κ1) is 14.8. The first-order chi connectivity index (χ1) is 9.90. The predicted molar refractivity (Wildman–Crippen MR) is 76.6 cm³/mol. The lowest BCUT2D eigenvalue weighted by Crippen LogP contribution is -2.08. The molecular weight excluding hydrogens is 278 g/mol. The van der Waals surface area contributed by atoms with Crippen molar-refractivity contribution in [1.82, 2.24) is 0 Å². The van der Waals surface area contributed by atoms with E-state index < -0.39 is 17.6 Å². The van der Waals surface area contributed by atoms with Gasteiger partial charge in [-0.05, 0) is 36.8 Å². The van der Waals surface area contributed by atoms with Crippen LogP contribution in [0.15, 0.2) is 30.3 Å². The smallest absolute Gasteiger partial charge is 0.340 e. The number of halogens is 2. The van der Waals surface area contributed by atoms with E-state index in [0.717, 1.165) is 18.2 Å². The summed E-state index contributed by atoms with van der Waals surface area (Å²) in [6, 6.07) is 6.21. The van der Waals surface area contributed by atoms with Crippen LogP contribution in [-0.4, -0.2) is 13.1 Å². The third-order valence-corrected chi connectivity index (χ3v) is 2.94. The van der Waals surface area contributed by atoms with Crippen LogP contribution in [-0.2, 0) is 4.74 Å². The molecule has 21 heavy (non-hydrogen) atoms. The fourth-order valence-corrected chi connectivity index (χ4v) is 1.94. The van der Waals surface area contributed by atoms with Gasteiger partial charge in [-0.1, -0.05) is 0 Å². The van der Waals surface area contributed by atoms with Gasteiger partial charge in [0, 0.05) is 23.1 Å². The summed E-state index contributed by atoms with van der Waals surface area (Å²) in [5.74, 6) is -1.97. The van der Waals surface area contributed by atoms with Crippen LogP contribution in [0.3, 0.4) is 0 Å². The molecule has 0 fully saturated rings. The van der Waals surface area contributed by atoms with Crippen LogP contribution in [0, 0.1) is 18.6 Å². The van der Waals surface area contributed by atoms with Crippen molar-refractivity contribution in [1.29, 1.82) is 0 Å². The number of methoxy groups -OCH3 is 1. The highest BCUT2D eigenvalue weighted by Crippen LogP contribution is 2.26. The Morgan fingerprint density at radius 1 is 1.10 bits per heavy atom. The van der Waals surface area contributed by atoms with Crippen LogP contribution in [0.1, 0.15) is 15.9 Å². The Morgan fingerprint density at radius 2 is 1.67 bits per heavy atom. The summed E-state index contributed by atoms with van der Waals surface area (Å²) in [5, 5.41) is 2.83. The number of anilines is 3. The van der Waals surface area contributed by atoms with Crippen molar-refractivity contribution in [2.24, 2.45) is 0 Å². The molecule has 2 aromatic carbocycles. The Morgan fingerprint density at radius 3 is 2.24 bits per heavy atom. The number of carbonyl (C=O) groups is 1. The van der Waals surface area contributed by atoms with Gasteiger partial charge in [-0.25, -0.2) is 13.6 Å². The van der Waals surface area contributed by atoms with Gasteiger partial charge in [0.05, 0.1) is 12.7 Å². The highest BCUT2D eigenvalue weighted by atomic mass is 19.1. The molecule has 0 atom stereocenters. The number of carbonyl (C=O) groups excluding carboxylic acids is 1. The SMILES string of the molecule is COC(=O)c1cc(Nc2cc(F)cc(F)c2)cc(C)c1N. The van der Waals surface area contributed by atoms with Crippen molar-refractivity contribution < 1.29 is 18.3 Å². The summed E-state index contributed by atoms with van der Waals surface area (Å²) in [7, 11) is 1.25. The molecule has 0 saturated heterocycles. The molecule has 3 N–H and O–H groups in total. The average Bonchev–Trinajstić information content (AvgIpc) is 2.40. The first-order valence-electron chi connectivity index (χ1n) is 6.12. The molecule has 2 aromatic rings. The molecule has 6 heteroatoms. The fourth-order valence-electron chi connectivity index (χ4n) is 1.94. The molecule has 0 unspecified atom stereocenters. The van der Waals surface area contributed by atoms with Gasteiger partial charge in [0.15, 0.2) is 0 Å². The Bertz CT molecular complexity index is 682. The summed E-state index contributed by atoms with van der Waals surface area (Å²) in [6.07, 6.45) is 0. The van der Waals surface area contributed by atoms with Crippen LogP contribution in [0.25, 0.3) is 0 Å². The molecule has 0 aliphatic carbocycles. The highest BCUT2D eigenvalue weighted by Gasteiger charge is 2.13. The van der Waals surface area contributed by atoms with E-state index in [1.807, 2.05) is 0 Å². The number of nitrogen functional groups attached to an aromatic ring is 1. The van der Waals surface area contributed by atoms with Crippen molar-refractivity contribution >= 4 is 23.0 Å². The van der Waals surface area contributed by atoms with Gasteiger partial charge in [0.25, 0.3) is 0 Å². The number of ether oxygens (including phenoxy) is 1. The monoisotopic (exact) mass is 292 g/mol. The fraction of sp³-hybridized carbons (Fsp3) is 0.133. The van der Waals surface area contributed by atoms with E-state index in [-0.39, 0.29) is 11.3 Å². The van der Waals surface area contributed by atoms with Gasteiger partial charge in [-0.15, -0.1) is 0 Å². The molecular formula is C15H14F2N2O2. The molecule has 0 aromatic heterocycles. The lowest BCUT2D eigenvalue weighted by molar-refractivity contribution is 0.0602. The summed E-state index contributed by atoms with van der Waals surface area (Å²) in [4.78, 5) is 11.6. The predicted octanol–water partition coefficient (Wildman–Crippen LogP) is 3.39. The maximum absolute atomic E-state index is 13.2. The van der Waals surface area contributed by atoms with Crippen LogP contribution >= 0.6 is 0 Å². The second-order valence-corrected chi connectivity index (χ2v) is 4.53. The Kier molecular flexibility index (Phi) is 4.07. The summed E-state index contributed by atoms with van der Waals surface area (Å²) in [6.45, 7) is 1.72. The zero-order chi connectivity index (χ0) is 15.6. The molecule has 0 spiro atoms. The van der Waals surface area contributed by atoms with Crippen LogP contribution in [0.4, 0.5) is 25.8 Å². The van der Waals surface area contributed by atoms with Crippen LogP contribution in [0.2, 0.25) is 0 Å². The van der Waals surface area contributed by atoms with Crippen molar-refractivity contribution in [2.75, 3.05) is 18.2 Å². The quantitative estimate of drug-likeness (QED) is 0.672. The van der Waals surface area contributed by atoms with Crippen LogP contribution in [0.5, 0.6) is 0 Å². The van der Waals surface area contributed by atoms with E-state index in [1.54, 1.807) is 13.0 Å². The maximum Gasteiger partial charge on any atom is 0.340 e. The zero-order valence-corrected chi connectivity index (χ0v) is 11.5. The van der Waals surface area contributed by atoms with E-state index in [0.29, 0.717) is 16.9 Å². The lowest BCUT2D eigenvalue weighted by Gasteiger charge is -2.12. The maximum atomic E-state index is 13.2. The van der Waals surface area contributed by atoms with E-state index >= 15 is 0 Å². The van der Waals surface area contributed by atoms with Crippen molar-refractivity contribution in [3.8, 4) is 0 Å². The molecule has 0 bridgehead atoms. The molecule has 110 valence electrons. The number of hydrogen-bond donors (Lipinski definition) is 2. The molecule has 0 aliphatic rings. The first-order valence-corrected chi connectivity index (χ1v) is 6.12. The average molecular weight is 292 g/mol. The van der Waals surface area contributed by atoms with Gasteiger partial charge in [-0.3, -0.25) is 0 Å². The minimum absolute atomic E-state index is 0.192. The van der Waals surface area contributed by atoms with Crippen molar-refractivity contribution in [3.05, 3.63) is 53.1 Å². The summed E-state index contributed by atoms with van der Waals surface area (Å²) < 4.78 is 31.0. The molecule has 4 nitrogen and oxygen atoms in total. The Labute approximate surface area is 120 Å². The van der Waals surface area contributed by atoms with Gasteiger partial charge in [0.1, 0.15) is 11.6 Å². The summed E-state index contributed by atoms with van der Waals surface area (Å²) >= 11 is 0. The second-order valence-electron chi connectivity index (χ2n) is 4.53. The Hall–Kier alpha value is -2.63. The standard InChI is InChI=1S/C15H14F2N2O2/c1-8-3-11(7-13(14(8)18)15(20)21-2)19-12-5-9(16)4-10(17)6-12/h3-7,19H,18H2,1-2H3.